The second-order valence-corrected chi connectivity index (χ2v) is 6.41. The highest BCUT2D eigenvalue weighted by atomic mass is 16.5. The molecule has 0 saturated heterocycles. The van der Waals surface area contributed by atoms with Crippen LogP contribution < -0.4 is 10.6 Å². The summed E-state index contributed by atoms with van der Waals surface area (Å²) in [7, 11) is 1.33. The van der Waals surface area contributed by atoms with Crippen molar-refractivity contribution in [3.8, 4) is 0 Å². The van der Waals surface area contributed by atoms with E-state index < -0.39 is 42.4 Å². The van der Waals surface area contributed by atoms with Crippen molar-refractivity contribution in [3.63, 3.8) is 0 Å². The third kappa shape index (κ3) is 4.49. The quantitative estimate of drug-likeness (QED) is 0.557. The van der Waals surface area contributed by atoms with Gasteiger partial charge in [-0.15, -0.1) is 0 Å². The molecule has 1 unspecified atom stereocenters. The third-order valence-electron chi connectivity index (χ3n) is 3.93. The lowest BCUT2D eigenvalue weighted by molar-refractivity contribution is -0.152. The highest BCUT2D eigenvalue weighted by molar-refractivity contribution is 6.22. The Hall–Kier alpha value is -3.23. The van der Waals surface area contributed by atoms with Crippen LogP contribution in [0.1, 0.15) is 41.0 Å². The van der Waals surface area contributed by atoms with Crippen LogP contribution in [-0.2, 0) is 14.3 Å². The summed E-state index contributed by atoms with van der Waals surface area (Å²) in [4.78, 5) is 61.3. The predicted molar refractivity (Wildman–Crippen MR) is 93.7 cm³/mol. The first kappa shape index (κ1) is 20.1. The Kier molecular flexibility index (Phi) is 6.27. The van der Waals surface area contributed by atoms with E-state index in [2.05, 4.69) is 5.32 Å². The fourth-order valence-corrected chi connectivity index (χ4v) is 2.70. The molecule has 0 spiro atoms. The van der Waals surface area contributed by atoms with Crippen molar-refractivity contribution in [2.45, 2.75) is 26.3 Å². The first-order valence-electron chi connectivity index (χ1n) is 8.41. The zero-order chi connectivity index (χ0) is 20.1. The number of carbonyl (C=O) groups excluding carboxylic acids is 5. The zero-order valence-electron chi connectivity index (χ0n) is 15.3. The maximum atomic E-state index is 12.6. The highest BCUT2D eigenvalue weighted by Crippen LogP contribution is 2.27. The molecule has 1 aromatic carbocycles. The molecule has 1 atom stereocenters. The SMILES string of the molecule is CNC(=O)NC(=O)COC(=O)C(CC(C)C)N1C(=O)c2ccccc2C1=O. The number of esters is 1. The standard InChI is InChI=1S/C18H21N3O6/c1-10(2)8-13(17(25)27-9-14(22)20-18(26)19-3)21-15(23)11-6-4-5-7-12(11)16(21)24/h4-7,10,13H,8-9H2,1-3H3,(H2,19,20,22,26). The highest BCUT2D eigenvalue weighted by Gasteiger charge is 2.43. The van der Waals surface area contributed by atoms with Crippen LogP contribution >= 0.6 is 0 Å². The molecule has 9 nitrogen and oxygen atoms in total. The minimum absolute atomic E-state index is 0.0217. The number of benzene rings is 1. The summed E-state index contributed by atoms with van der Waals surface area (Å²) in [5.41, 5.74) is 0.447. The van der Waals surface area contributed by atoms with Crippen molar-refractivity contribution in [1.29, 1.82) is 0 Å². The fourth-order valence-electron chi connectivity index (χ4n) is 2.70. The maximum Gasteiger partial charge on any atom is 0.329 e. The van der Waals surface area contributed by atoms with Gasteiger partial charge in [0.1, 0.15) is 6.04 Å². The van der Waals surface area contributed by atoms with Crippen molar-refractivity contribution in [2.24, 2.45) is 5.92 Å². The van der Waals surface area contributed by atoms with E-state index in [1.54, 1.807) is 12.1 Å². The van der Waals surface area contributed by atoms with Gasteiger partial charge in [-0.3, -0.25) is 24.6 Å². The number of nitrogens with zero attached hydrogens (tertiary/aromatic N) is 1. The van der Waals surface area contributed by atoms with Gasteiger partial charge in [0.25, 0.3) is 17.7 Å². The first-order valence-corrected chi connectivity index (χ1v) is 8.41. The molecule has 144 valence electrons. The van der Waals surface area contributed by atoms with Crippen LogP contribution in [0, 0.1) is 5.92 Å². The molecule has 5 amide bonds. The largest absolute Gasteiger partial charge is 0.454 e. The van der Waals surface area contributed by atoms with E-state index in [9.17, 15) is 24.0 Å². The minimum atomic E-state index is -1.16. The summed E-state index contributed by atoms with van der Waals surface area (Å²) in [6.07, 6.45) is 0.182. The molecule has 2 rings (SSSR count). The van der Waals surface area contributed by atoms with Gasteiger partial charge in [-0.2, -0.15) is 0 Å². The molecule has 1 heterocycles. The molecule has 0 fully saturated rings. The van der Waals surface area contributed by atoms with Gasteiger partial charge in [0.15, 0.2) is 6.61 Å². The lowest BCUT2D eigenvalue weighted by Crippen LogP contribution is -2.47. The molecule has 1 aliphatic rings. The second-order valence-electron chi connectivity index (χ2n) is 6.41. The van der Waals surface area contributed by atoms with E-state index in [0.717, 1.165) is 4.90 Å². The second kappa shape index (κ2) is 8.43. The smallest absolute Gasteiger partial charge is 0.329 e. The Bertz CT molecular complexity index is 754. The molecule has 0 aliphatic carbocycles. The molecule has 27 heavy (non-hydrogen) atoms. The average molecular weight is 375 g/mol. The summed E-state index contributed by atoms with van der Waals surface area (Å²) in [5.74, 6) is -2.88. The zero-order valence-corrected chi connectivity index (χ0v) is 15.3. The van der Waals surface area contributed by atoms with Crippen LogP contribution in [-0.4, -0.2) is 54.3 Å². The normalized spacial score (nSPS) is 14.0. The van der Waals surface area contributed by atoms with Gasteiger partial charge in [-0.25, -0.2) is 9.59 Å². The number of urea groups is 1. The minimum Gasteiger partial charge on any atom is -0.454 e. The summed E-state index contributed by atoms with van der Waals surface area (Å²) in [5, 5.41) is 4.14. The number of carbonyl (C=O) groups is 5. The number of fused-ring (bicyclic) bond motifs is 1. The summed E-state index contributed by atoms with van der Waals surface area (Å²) in [6, 6.07) is 4.40. The molecule has 0 bridgehead atoms. The van der Waals surface area contributed by atoms with E-state index in [1.165, 1.54) is 19.2 Å². The van der Waals surface area contributed by atoms with E-state index in [4.69, 9.17) is 4.74 Å². The molecular weight excluding hydrogens is 354 g/mol. The number of hydrogen-bond donors (Lipinski definition) is 2. The lowest BCUT2D eigenvalue weighted by Gasteiger charge is -2.25. The number of amides is 5. The van der Waals surface area contributed by atoms with Gasteiger partial charge < -0.3 is 10.1 Å². The monoisotopic (exact) mass is 375 g/mol. The third-order valence-corrected chi connectivity index (χ3v) is 3.93. The fraction of sp³-hybridized carbons (Fsp3) is 0.389. The number of nitrogens with one attached hydrogen (secondary N) is 2. The first-order chi connectivity index (χ1) is 12.8. The van der Waals surface area contributed by atoms with Crippen LogP contribution in [0.15, 0.2) is 24.3 Å². The molecule has 0 radical (unpaired) electrons. The Morgan fingerprint density at radius 3 is 2.11 bits per heavy atom. The Balaban J connectivity index is 2.15. The van der Waals surface area contributed by atoms with Crippen LogP contribution in [0.4, 0.5) is 4.79 Å². The van der Waals surface area contributed by atoms with Crippen LogP contribution in [0.2, 0.25) is 0 Å². The van der Waals surface area contributed by atoms with Crippen molar-refractivity contribution >= 4 is 29.7 Å². The summed E-state index contributed by atoms with van der Waals surface area (Å²) < 4.78 is 4.94. The summed E-state index contributed by atoms with van der Waals surface area (Å²) in [6.45, 7) is 2.96. The van der Waals surface area contributed by atoms with Crippen molar-refractivity contribution in [1.82, 2.24) is 15.5 Å². The molecule has 2 N–H and O–H groups in total. The number of ether oxygens (including phenoxy) is 1. The molecule has 9 heteroatoms. The maximum absolute atomic E-state index is 12.6. The topological polar surface area (TPSA) is 122 Å². The average Bonchev–Trinajstić information content (AvgIpc) is 2.88. The van der Waals surface area contributed by atoms with E-state index in [1.807, 2.05) is 19.2 Å². The van der Waals surface area contributed by atoms with Gasteiger partial charge >= 0.3 is 12.0 Å². The molecule has 1 aromatic rings. The Morgan fingerprint density at radius 2 is 1.63 bits per heavy atom. The van der Waals surface area contributed by atoms with Gasteiger partial charge in [0.2, 0.25) is 0 Å². The van der Waals surface area contributed by atoms with Crippen molar-refractivity contribution in [3.05, 3.63) is 35.4 Å². The number of hydrogen-bond acceptors (Lipinski definition) is 6. The Morgan fingerprint density at radius 1 is 1.07 bits per heavy atom. The lowest BCUT2D eigenvalue weighted by atomic mass is 10.0. The van der Waals surface area contributed by atoms with Crippen molar-refractivity contribution in [2.75, 3.05) is 13.7 Å². The summed E-state index contributed by atoms with van der Waals surface area (Å²) >= 11 is 0. The van der Waals surface area contributed by atoms with Gasteiger partial charge in [0, 0.05) is 7.05 Å². The predicted octanol–water partition coefficient (Wildman–Crippen LogP) is 0.696. The van der Waals surface area contributed by atoms with Gasteiger partial charge in [0.05, 0.1) is 11.1 Å². The molecular formula is C18H21N3O6. The van der Waals surface area contributed by atoms with Crippen LogP contribution in [0.3, 0.4) is 0 Å². The molecule has 0 saturated carbocycles. The van der Waals surface area contributed by atoms with E-state index in [0.29, 0.717) is 0 Å². The number of rotatable bonds is 6. The van der Waals surface area contributed by atoms with Crippen molar-refractivity contribution < 1.29 is 28.7 Å². The van der Waals surface area contributed by atoms with Gasteiger partial charge in [-0.05, 0) is 24.5 Å². The van der Waals surface area contributed by atoms with Crippen LogP contribution in [0.5, 0.6) is 0 Å². The van der Waals surface area contributed by atoms with Gasteiger partial charge in [-0.1, -0.05) is 26.0 Å². The molecule has 1 aliphatic heterocycles. The number of imide groups is 2. The van der Waals surface area contributed by atoms with E-state index >= 15 is 0 Å². The Labute approximate surface area is 156 Å². The molecule has 0 aromatic heterocycles. The van der Waals surface area contributed by atoms with Crippen LogP contribution in [0.25, 0.3) is 0 Å². The van der Waals surface area contributed by atoms with E-state index in [-0.39, 0.29) is 23.5 Å².